The molecular weight excluding hydrogens is 420 g/mol. The molecule has 1 heterocycles. The summed E-state index contributed by atoms with van der Waals surface area (Å²) in [7, 11) is 0. The van der Waals surface area contributed by atoms with Crippen molar-refractivity contribution < 1.29 is 21.9 Å². The van der Waals surface area contributed by atoms with Crippen molar-refractivity contribution in [1.29, 1.82) is 0 Å². The topological polar surface area (TPSA) is 32.8 Å². The van der Waals surface area contributed by atoms with Crippen LogP contribution in [0.15, 0.2) is 12.4 Å². The molecule has 0 aromatic carbocycles. The van der Waals surface area contributed by atoms with E-state index in [9.17, 15) is 4.79 Å². The van der Waals surface area contributed by atoms with Crippen LogP contribution in [-0.4, -0.2) is 35.5 Å². The lowest BCUT2D eigenvalue weighted by Crippen LogP contribution is -3.00. The van der Waals surface area contributed by atoms with Crippen molar-refractivity contribution in [2.45, 2.75) is 129 Å². The molecule has 0 N–H and O–H groups in total. The summed E-state index contributed by atoms with van der Waals surface area (Å²) in [6.07, 6.45) is 27.8. The molecule has 0 atom stereocenters. The third kappa shape index (κ3) is 18.5. The first kappa shape index (κ1) is 31.0. The minimum absolute atomic E-state index is 0. The van der Waals surface area contributed by atoms with E-state index in [0.717, 1.165) is 32.2 Å². The molecule has 0 bridgehead atoms. The summed E-state index contributed by atoms with van der Waals surface area (Å²) in [6.45, 7) is 9.40. The molecule has 1 rings (SSSR count). The molecule has 0 aromatic rings. The number of hydrogen-bond acceptors (Lipinski definition) is 4. The quantitative estimate of drug-likeness (QED) is 0.131. The third-order valence-corrected chi connectivity index (χ3v) is 6.00. The van der Waals surface area contributed by atoms with Gasteiger partial charge in [0.15, 0.2) is 6.54 Å². The van der Waals surface area contributed by atoms with E-state index in [2.05, 4.69) is 20.5 Å². The van der Waals surface area contributed by atoms with Crippen LogP contribution in [-0.2, 0) is 9.53 Å². The van der Waals surface area contributed by atoms with Gasteiger partial charge in [0.1, 0.15) is 0 Å². The van der Waals surface area contributed by atoms with E-state index in [-0.39, 0.29) is 24.9 Å². The van der Waals surface area contributed by atoms with Crippen LogP contribution in [0.1, 0.15) is 129 Å². The van der Waals surface area contributed by atoms with Gasteiger partial charge in [-0.05, 0) is 12.8 Å². The molecule has 187 valence electrons. The van der Waals surface area contributed by atoms with Gasteiger partial charge in [0.2, 0.25) is 0 Å². The van der Waals surface area contributed by atoms with Crippen LogP contribution in [0.25, 0.3) is 0 Å². The van der Waals surface area contributed by atoms with Gasteiger partial charge in [-0.25, -0.2) is 4.79 Å². The van der Waals surface area contributed by atoms with E-state index in [1.165, 1.54) is 89.9 Å². The number of rotatable bonds is 22. The second-order valence-electron chi connectivity index (χ2n) is 9.10. The highest BCUT2D eigenvalue weighted by Gasteiger charge is 2.32. The molecule has 1 aliphatic heterocycles. The summed E-state index contributed by atoms with van der Waals surface area (Å²) in [5, 5.41) is 0. The number of ether oxygens (including phenoxy) is 1. The predicted molar refractivity (Wildman–Crippen MR) is 131 cm³/mol. The van der Waals surface area contributed by atoms with Gasteiger partial charge in [-0.2, -0.15) is 0 Å². The van der Waals surface area contributed by atoms with Gasteiger partial charge < -0.3 is 17.1 Å². The first-order chi connectivity index (χ1) is 15.3. The molecule has 1 radical (unpaired) electrons. The Balaban J connectivity index is 0.00000961. The Morgan fingerprint density at radius 2 is 1.09 bits per heavy atom. The highest BCUT2D eigenvalue weighted by atomic mass is 35.5. The highest BCUT2D eigenvalue weighted by molar-refractivity contribution is 5.72. The Hall–Kier alpha value is -1.03. The standard InChI is InChI=1S/C27H50N2O2.ClH/c1-3-5-7-8-9-10-11-12-13-14-15-16-17-18-19-20-24-31-27(30)25-29-23-22-28(26-29)21-6-4-2;/h22-23H,3-21,24-25H2,1-2H3;1H/q+1;/p-1. The maximum Gasteiger partial charge on any atom is 0.564 e. The second-order valence-corrected chi connectivity index (χ2v) is 9.10. The zero-order chi connectivity index (χ0) is 22.4. The number of carbonyl (C=O) groups is 1. The van der Waals surface area contributed by atoms with Crippen LogP contribution in [0.4, 0.5) is 0 Å². The average molecular weight is 470 g/mol. The van der Waals surface area contributed by atoms with Gasteiger partial charge in [0.25, 0.3) is 0 Å². The van der Waals surface area contributed by atoms with E-state index in [1.54, 1.807) is 4.90 Å². The first-order valence-electron chi connectivity index (χ1n) is 13.4. The van der Waals surface area contributed by atoms with Gasteiger partial charge >= 0.3 is 12.6 Å². The summed E-state index contributed by atoms with van der Waals surface area (Å²) in [4.78, 5) is 15.7. The fraction of sp³-hybridized carbons (Fsp3) is 0.852. The van der Waals surface area contributed by atoms with Crippen molar-refractivity contribution in [2.24, 2.45) is 0 Å². The second kappa shape index (κ2) is 23.1. The first-order valence-corrected chi connectivity index (χ1v) is 13.4. The fourth-order valence-corrected chi connectivity index (χ4v) is 3.95. The van der Waals surface area contributed by atoms with Crippen LogP contribution in [0.3, 0.4) is 0 Å². The van der Waals surface area contributed by atoms with Crippen molar-refractivity contribution in [1.82, 2.24) is 9.80 Å². The zero-order valence-corrected chi connectivity index (χ0v) is 21.8. The van der Waals surface area contributed by atoms with Crippen molar-refractivity contribution in [3.05, 3.63) is 19.1 Å². The van der Waals surface area contributed by atoms with Gasteiger partial charge in [0.05, 0.1) is 25.6 Å². The maximum absolute atomic E-state index is 11.9. The monoisotopic (exact) mass is 469 g/mol. The summed E-state index contributed by atoms with van der Waals surface area (Å²) in [5.41, 5.74) is 0. The van der Waals surface area contributed by atoms with Crippen LogP contribution in [0, 0.1) is 6.67 Å². The number of hydrogen-bond donors (Lipinski definition) is 0. The van der Waals surface area contributed by atoms with Crippen molar-refractivity contribution in [3.63, 3.8) is 0 Å². The van der Waals surface area contributed by atoms with Crippen LogP contribution >= 0.6 is 0 Å². The fourth-order valence-electron chi connectivity index (χ4n) is 3.95. The molecule has 0 saturated carbocycles. The number of unbranched alkanes of at least 4 members (excludes halogenated alkanes) is 16. The van der Waals surface area contributed by atoms with Crippen LogP contribution in [0.2, 0.25) is 0 Å². The van der Waals surface area contributed by atoms with Crippen LogP contribution in [0.5, 0.6) is 0 Å². The Morgan fingerprint density at radius 1 is 0.656 bits per heavy atom. The predicted octanol–water partition coefficient (Wildman–Crippen LogP) is 4.68. The molecule has 0 unspecified atom stereocenters. The van der Waals surface area contributed by atoms with Crippen LogP contribution < -0.4 is 12.4 Å². The lowest BCUT2D eigenvalue weighted by Gasteiger charge is -2.06. The molecule has 0 amide bonds. The largest absolute Gasteiger partial charge is 1.00 e. The van der Waals surface area contributed by atoms with Gasteiger partial charge in [-0.15, -0.1) is 9.80 Å². The molecule has 0 spiro atoms. The Kier molecular flexibility index (Phi) is 22.4. The van der Waals surface area contributed by atoms with Gasteiger partial charge in [-0.1, -0.05) is 117 Å². The molecule has 0 aromatic heterocycles. The Morgan fingerprint density at radius 3 is 1.59 bits per heavy atom. The number of esters is 1. The minimum Gasteiger partial charge on any atom is -1.00 e. The summed E-state index contributed by atoms with van der Waals surface area (Å²) in [5.74, 6) is -0.157. The van der Waals surface area contributed by atoms with E-state index in [4.69, 9.17) is 4.74 Å². The molecule has 32 heavy (non-hydrogen) atoms. The van der Waals surface area contributed by atoms with Gasteiger partial charge in [0, 0.05) is 0 Å². The third-order valence-electron chi connectivity index (χ3n) is 6.00. The highest BCUT2D eigenvalue weighted by Crippen LogP contribution is 2.14. The lowest BCUT2D eigenvalue weighted by molar-refractivity contribution is -0.144. The van der Waals surface area contributed by atoms with E-state index < -0.39 is 0 Å². The molecule has 4 nitrogen and oxygen atoms in total. The van der Waals surface area contributed by atoms with Crippen molar-refractivity contribution in [2.75, 3.05) is 19.7 Å². The summed E-state index contributed by atoms with van der Waals surface area (Å²) < 4.78 is 5.37. The normalized spacial score (nSPS) is 12.7. The Bertz CT molecular complexity index is 445. The summed E-state index contributed by atoms with van der Waals surface area (Å²) in [6, 6.07) is 0. The molecule has 0 aliphatic carbocycles. The van der Waals surface area contributed by atoms with E-state index in [0.29, 0.717) is 6.61 Å². The molecule has 0 fully saturated rings. The molecule has 0 saturated heterocycles. The molecular formula is C27H50ClN2O2. The van der Waals surface area contributed by atoms with Crippen molar-refractivity contribution in [3.8, 4) is 0 Å². The average Bonchev–Trinajstić information content (AvgIpc) is 3.21. The SMILES string of the molecule is CCCCCCCCCCCCCCCCCCOC(=O)CN1[C+]N(CCCC)C=C1.[Cl-]. The molecule has 1 aliphatic rings. The number of carbonyl (C=O) groups excluding carboxylic acids is 1. The maximum atomic E-state index is 11.9. The lowest BCUT2D eigenvalue weighted by atomic mass is 10.0. The Labute approximate surface area is 205 Å². The van der Waals surface area contributed by atoms with Gasteiger partial charge in [-0.3, -0.25) is 0 Å². The van der Waals surface area contributed by atoms with E-state index >= 15 is 0 Å². The van der Waals surface area contributed by atoms with Crippen molar-refractivity contribution >= 4 is 5.97 Å². The zero-order valence-electron chi connectivity index (χ0n) is 21.1. The minimum atomic E-state index is -0.157. The number of nitrogens with zero attached hydrogens (tertiary/aromatic N) is 2. The smallest absolute Gasteiger partial charge is 0.564 e. The van der Waals surface area contributed by atoms with E-state index in [1.807, 2.05) is 17.3 Å². The summed E-state index contributed by atoms with van der Waals surface area (Å²) >= 11 is 0. The number of halogens is 1. The molecule has 5 heteroatoms.